The van der Waals surface area contributed by atoms with E-state index in [1.165, 1.54) is 0 Å². The van der Waals surface area contributed by atoms with Gasteiger partial charge in [-0.3, -0.25) is 4.21 Å². The molecule has 2 amide bonds. The maximum Gasteiger partial charge on any atom is 0.315 e. The molecule has 0 unspecified atom stereocenters. The first-order valence-electron chi connectivity index (χ1n) is 6.93. The second-order valence-corrected chi connectivity index (χ2v) is 6.67. The van der Waals surface area contributed by atoms with Crippen LogP contribution in [0.3, 0.4) is 0 Å². The van der Waals surface area contributed by atoms with Crippen LogP contribution in [0.25, 0.3) is 0 Å². The van der Waals surface area contributed by atoms with Gasteiger partial charge in [0.05, 0.1) is 6.04 Å². The number of hydrogen-bond acceptors (Lipinski definition) is 3. The molecule has 21 heavy (non-hydrogen) atoms. The van der Waals surface area contributed by atoms with E-state index in [9.17, 15) is 9.00 Å². The number of carbonyl (C=O) groups excluding carboxylic acids is 1. The monoisotopic (exact) mass is 312 g/mol. The lowest BCUT2D eigenvalue weighted by atomic mass is 10.1. The van der Waals surface area contributed by atoms with Crippen LogP contribution in [-0.2, 0) is 10.8 Å². The fraction of sp³-hybridized carbons (Fsp3) is 0.533. The zero-order valence-corrected chi connectivity index (χ0v) is 13.9. The molecule has 0 bridgehead atoms. The van der Waals surface area contributed by atoms with Crippen molar-refractivity contribution >= 4 is 16.8 Å². The number of amides is 2. The van der Waals surface area contributed by atoms with Crippen LogP contribution >= 0.6 is 0 Å². The highest BCUT2D eigenvalue weighted by Gasteiger charge is 2.09. The molecule has 0 spiro atoms. The largest absolute Gasteiger partial charge is 0.491 e. The summed E-state index contributed by atoms with van der Waals surface area (Å²) in [5.41, 5.74) is 2.16. The van der Waals surface area contributed by atoms with Crippen LogP contribution in [0.15, 0.2) is 18.2 Å². The van der Waals surface area contributed by atoms with Crippen LogP contribution in [0.1, 0.15) is 18.1 Å². The van der Waals surface area contributed by atoms with Crippen LogP contribution in [0, 0.1) is 13.8 Å². The molecule has 0 radical (unpaired) electrons. The Morgan fingerprint density at radius 1 is 1.33 bits per heavy atom. The van der Waals surface area contributed by atoms with Gasteiger partial charge in [-0.2, -0.15) is 0 Å². The quantitative estimate of drug-likeness (QED) is 0.806. The summed E-state index contributed by atoms with van der Waals surface area (Å²) in [6, 6.07) is 5.61. The number of benzene rings is 1. The Balaban J connectivity index is 2.35. The third-order valence-electron chi connectivity index (χ3n) is 2.94. The summed E-state index contributed by atoms with van der Waals surface area (Å²) in [7, 11) is -0.895. The van der Waals surface area contributed by atoms with Gasteiger partial charge in [-0.15, -0.1) is 0 Å². The Hall–Kier alpha value is -1.56. The number of carbonyl (C=O) groups is 1. The molecule has 5 nitrogen and oxygen atoms in total. The molecule has 6 heteroatoms. The highest BCUT2D eigenvalue weighted by molar-refractivity contribution is 7.84. The van der Waals surface area contributed by atoms with E-state index in [-0.39, 0.29) is 12.1 Å². The van der Waals surface area contributed by atoms with E-state index >= 15 is 0 Å². The maximum absolute atomic E-state index is 11.6. The van der Waals surface area contributed by atoms with Crippen molar-refractivity contribution in [1.29, 1.82) is 0 Å². The third kappa shape index (κ3) is 6.62. The number of nitrogens with one attached hydrogen (secondary N) is 2. The molecule has 2 atom stereocenters. The summed E-state index contributed by atoms with van der Waals surface area (Å²) in [6.07, 6.45) is 1.61. The van der Waals surface area contributed by atoms with Crippen LogP contribution in [0.2, 0.25) is 0 Å². The molecule has 118 valence electrons. The maximum atomic E-state index is 11.6. The number of hydrogen-bond donors (Lipinski definition) is 2. The van der Waals surface area contributed by atoms with E-state index in [0.29, 0.717) is 18.9 Å². The topological polar surface area (TPSA) is 67.4 Å². The first-order valence-corrected chi connectivity index (χ1v) is 8.66. The van der Waals surface area contributed by atoms with Crippen molar-refractivity contribution in [2.45, 2.75) is 26.8 Å². The predicted molar refractivity (Wildman–Crippen MR) is 86.3 cm³/mol. The molecule has 0 aromatic heterocycles. The lowest BCUT2D eigenvalue weighted by molar-refractivity contribution is 0.226. The zero-order chi connectivity index (χ0) is 15.8. The number of urea groups is 1. The zero-order valence-electron chi connectivity index (χ0n) is 13.1. The van der Waals surface area contributed by atoms with E-state index < -0.39 is 10.8 Å². The predicted octanol–water partition coefficient (Wildman–Crippen LogP) is 1.75. The number of para-hydroxylation sites is 1. The Bertz CT molecular complexity index is 485. The normalized spacial score (nSPS) is 13.3. The molecule has 0 aliphatic heterocycles. The molecule has 0 aliphatic rings. The average Bonchev–Trinajstić information content (AvgIpc) is 2.37. The van der Waals surface area contributed by atoms with Crippen molar-refractivity contribution in [1.82, 2.24) is 10.6 Å². The van der Waals surface area contributed by atoms with Gasteiger partial charge in [0.1, 0.15) is 12.4 Å². The second-order valence-electron chi connectivity index (χ2n) is 5.11. The van der Waals surface area contributed by atoms with Crippen LogP contribution in [-0.4, -0.2) is 41.4 Å². The van der Waals surface area contributed by atoms with Crippen molar-refractivity contribution < 1.29 is 13.7 Å². The molecule has 2 N–H and O–H groups in total. The molecular formula is C15H24N2O3S. The van der Waals surface area contributed by atoms with E-state index in [0.717, 1.165) is 16.9 Å². The number of ether oxygens (including phenoxy) is 1. The van der Waals surface area contributed by atoms with Crippen LogP contribution in [0.5, 0.6) is 5.75 Å². The molecule has 0 heterocycles. The van der Waals surface area contributed by atoms with Crippen LogP contribution < -0.4 is 15.4 Å². The van der Waals surface area contributed by atoms with Gasteiger partial charge >= 0.3 is 6.03 Å². The minimum absolute atomic E-state index is 0.115. The van der Waals surface area contributed by atoms with Gasteiger partial charge in [-0.05, 0) is 31.9 Å². The van der Waals surface area contributed by atoms with E-state index in [1.54, 1.807) is 6.26 Å². The molecule has 1 aromatic rings. The molecule has 1 aromatic carbocycles. The fourth-order valence-corrected chi connectivity index (χ4v) is 2.25. The highest BCUT2D eigenvalue weighted by atomic mass is 32.2. The molecule has 0 aliphatic carbocycles. The molecule has 0 saturated carbocycles. The molecule has 0 saturated heterocycles. The summed E-state index contributed by atoms with van der Waals surface area (Å²) in [5, 5.41) is 5.46. The van der Waals surface area contributed by atoms with Crippen molar-refractivity contribution in [3.05, 3.63) is 29.3 Å². The lowest BCUT2D eigenvalue weighted by Gasteiger charge is -2.17. The third-order valence-corrected chi connectivity index (χ3v) is 3.72. The Morgan fingerprint density at radius 2 is 1.95 bits per heavy atom. The first kappa shape index (κ1) is 17.5. The molecule has 1 rings (SSSR count). The van der Waals surface area contributed by atoms with Crippen molar-refractivity contribution in [3.8, 4) is 5.75 Å². The summed E-state index contributed by atoms with van der Waals surface area (Å²) >= 11 is 0. The van der Waals surface area contributed by atoms with E-state index in [2.05, 4.69) is 10.6 Å². The van der Waals surface area contributed by atoms with Gasteiger partial charge in [-0.1, -0.05) is 18.2 Å². The number of aryl methyl sites for hydroxylation is 2. The Kier molecular flexibility index (Phi) is 7.22. The van der Waals surface area contributed by atoms with Gasteiger partial charge in [0, 0.05) is 29.4 Å². The smallest absolute Gasteiger partial charge is 0.315 e. The molecule has 0 fully saturated rings. The summed E-state index contributed by atoms with van der Waals surface area (Å²) < 4.78 is 16.7. The van der Waals surface area contributed by atoms with E-state index in [4.69, 9.17) is 4.74 Å². The average molecular weight is 312 g/mol. The van der Waals surface area contributed by atoms with Gasteiger partial charge < -0.3 is 15.4 Å². The Labute approximate surface area is 128 Å². The highest BCUT2D eigenvalue weighted by Crippen LogP contribution is 2.22. The van der Waals surface area contributed by atoms with Crippen molar-refractivity contribution in [2.24, 2.45) is 0 Å². The van der Waals surface area contributed by atoms with E-state index in [1.807, 2.05) is 39.0 Å². The van der Waals surface area contributed by atoms with Crippen molar-refractivity contribution in [2.75, 3.05) is 25.2 Å². The van der Waals surface area contributed by atoms with Gasteiger partial charge in [-0.25, -0.2) is 4.79 Å². The summed E-state index contributed by atoms with van der Waals surface area (Å²) in [4.78, 5) is 11.6. The number of rotatable bonds is 7. The van der Waals surface area contributed by atoms with Crippen molar-refractivity contribution in [3.63, 3.8) is 0 Å². The second kappa shape index (κ2) is 8.67. The molecular weight excluding hydrogens is 288 g/mol. The van der Waals surface area contributed by atoms with Gasteiger partial charge in [0.15, 0.2) is 0 Å². The van der Waals surface area contributed by atoms with Gasteiger partial charge in [0.25, 0.3) is 0 Å². The minimum atomic E-state index is -0.895. The SMILES string of the molecule is Cc1cccc(C)c1OC[C@@H](C)NC(=O)NCC[S@@](C)=O. The minimum Gasteiger partial charge on any atom is -0.491 e. The Morgan fingerprint density at radius 3 is 2.52 bits per heavy atom. The van der Waals surface area contributed by atoms with Gasteiger partial charge in [0.2, 0.25) is 0 Å². The van der Waals surface area contributed by atoms with Crippen LogP contribution in [0.4, 0.5) is 4.79 Å². The lowest BCUT2D eigenvalue weighted by Crippen LogP contribution is -2.44. The summed E-state index contributed by atoms with van der Waals surface area (Å²) in [6.45, 7) is 6.68. The fourth-order valence-electron chi connectivity index (χ4n) is 1.86. The standard InChI is InChI=1S/C15H24N2O3S/c1-11-6-5-7-12(2)14(11)20-10-13(3)17-15(18)16-8-9-21(4)19/h5-7,13H,8-10H2,1-4H3,(H2,16,17,18)/t13-,21-/m1/s1. The summed E-state index contributed by atoms with van der Waals surface area (Å²) in [5.74, 6) is 1.33. The first-order chi connectivity index (χ1) is 9.90.